The number of phenolic OH excluding ortho intramolecular Hbond substituents is 1. The summed E-state index contributed by atoms with van der Waals surface area (Å²) in [5, 5.41) is 10.0. The highest BCUT2D eigenvalue weighted by Crippen LogP contribution is 2.32. The lowest BCUT2D eigenvalue weighted by molar-refractivity contribution is -0.139. The zero-order valence-corrected chi connectivity index (χ0v) is 21.4. The van der Waals surface area contributed by atoms with Gasteiger partial charge in [0, 0.05) is 0 Å². The Kier molecular flexibility index (Phi) is 7.59. The van der Waals surface area contributed by atoms with Crippen molar-refractivity contribution in [3.8, 4) is 17.2 Å². The fourth-order valence-electron chi connectivity index (χ4n) is 4.06. The molecule has 0 bridgehead atoms. The van der Waals surface area contributed by atoms with E-state index in [-0.39, 0.29) is 17.9 Å². The van der Waals surface area contributed by atoms with Crippen molar-refractivity contribution >= 4 is 23.4 Å². The molecule has 0 saturated heterocycles. The third-order valence-electron chi connectivity index (χ3n) is 5.61. The highest BCUT2D eigenvalue weighted by atomic mass is 32.1. The molecular formula is C27H28N2O6S. The van der Waals surface area contributed by atoms with E-state index >= 15 is 0 Å². The molecule has 1 N–H and O–H groups in total. The van der Waals surface area contributed by atoms with Gasteiger partial charge in [-0.2, -0.15) is 0 Å². The number of aromatic nitrogens is 1. The predicted molar refractivity (Wildman–Crippen MR) is 137 cm³/mol. The molecule has 8 nitrogen and oxygen atoms in total. The zero-order chi connectivity index (χ0) is 25.8. The monoisotopic (exact) mass is 508 g/mol. The standard InChI is InChI=1S/C27H28N2O6S/c1-5-33-19-11-9-18(10-12-19)24-23(26(32)35-7-3)16(4)28-27-29(24)25(31)22(36-27)15-17-8-13-20(30)21(14-17)34-6-2/h8-15,24,30H,5-7H2,1-4H3/t24-/m0/s1. The van der Waals surface area contributed by atoms with Crippen LogP contribution in [-0.2, 0) is 9.53 Å². The summed E-state index contributed by atoms with van der Waals surface area (Å²) in [6.07, 6.45) is 1.73. The molecule has 1 atom stereocenters. The van der Waals surface area contributed by atoms with E-state index in [0.717, 1.165) is 5.56 Å². The molecular weight excluding hydrogens is 480 g/mol. The van der Waals surface area contributed by atoms with E-state index in [1.54, 1.807) is 32.1 Å². The molecule has 9 heteroatoms. The fraction of sp³-hybridized carbons (Fsp3) is 0.296. The van der Waals surface area contributed by atoms with Crippen LogP contribution in [0.5, 0.6) is 17.2 Å². The number of nitrogens with zero attached hydrogens (tertiary/aromatic N) is 2. The van der Waals surface area contributed by atoms with Crippen molar-refractivity contribution < 1.29 is 24.1 Å². The lowest BCUT2D eigenvalue weighted by atomic mass is 9.96. The topological polar surface area (TPSA) is 99.4 Å². The van der Waals surface area contributed by atoms with Crippen LogP contribution in [0.4, 0.5) is 0 Å². The van der Waals surface area contributed by atoms with Crippen LogP contribution in [0.1, 0.15) is 44.9 Å². The van der Waals surface area contributed by atoms with Crippen LogP contribution in [0.2, 0.25) is 0 Å². The minimum atomic E-state index is -0.697. The Morgan fingerprint density at radius 1 is 1.08 bits per heavy atom. The van der Waals surface area contributed by atoms with Crippen LogP contribution in [0.15, 0.2) is 63.5 Å². The average Bonchev–Trinajstić information content (AvgIpc) is 3.15. The summed E-state index contributed by atoms with van der Waals surface area (Å²) < 4.78 is 18.3. The first-order valence-corrected chi connectivity index (χ1v) is 12.6. The van der Waals surface area contributed by atoms with Crippen molar-refractivity contribution in [1.29, 1.82) is 0 Å². The minimum absolute atomic E-state index is 0.0284. The molecule has 3 aromatic rings. The summed E-state index contributed by atoms with van der Waals surface area (Å²) in [7, 11) is 0. The SMILES string of the molecule is CCOC(=O)C1=C(C)N=c2sc(=Cc3ccc(O)c(OCC)c3)c(=O)n2[C@H]1c1ccc(OCC)cc1. The quantitative estimate of drug-likeness (QED) is 0.469. The van der Waals surface area contributed by atoms with E-state index in [4.69, 9.17) is 14.2 Å². The van der Waals surface area contributed by atoms with Crippen LogP contribution < -0.4 is 24.4 Å². The molecule has 2 aromatic carbocycles. The number of hydrogen-bond donors (Lipinski definition) is 1. The minimum Gasteiger partial charge on any atom is -0.504 e. The lowest BCUT2D eigenvalue weighted by Gasteiger charge is -2.24. The molecule has 188 valence electrons. The number of aromatic hydroxyl groups is 1. The Morgan fingerprint density at radius 3 is 2.47 bits per heavy atom. The van der Waals surface area contributed by atoms with Gasteiger partial charge in [-0.3, -0.25) is 9.36 Å². The van der Waals surface area contributed by atoms with Crippen molar-refractivity contribution in [3.05, 3.63) is 84.5 Å². The van der Waals surface area contributed by atoms with Crippen molar-refractivity contribution in [1.82, 2.24) is 4.57 Å². The molecule has 0 fully saturated rings. The van der Waals surface area contributed by atoms with Gasteiger partial charge < -0.3 is 19.3 Å². The number of fused-ring (bicyclic) bond motifs is 1. The van der Waals surface area contributed by atoms with E-state index in [0.29, 0.717) is 50.9 Å². The van der Waals surface area contributed by atoms with E-state index in [9.17, 15) is 14.7 Å². The van der Waals surface area contributed by atoms with Crippen molar-refractivity contribution in [2.24, 2.45) is 4.99 Å². The molecule has 0 radical (unpaired) electrons. The number of carbonyl (C=O) groups excluding carboxylic acids is 1. The highest BCUT2D eigenvalue weighted by Gasteiger charge is 2.33. The second kappa shape index (κ2) is 10.8. The number of esters is 1. The molecule has 1 aliphatic heterocycles. The van der Waals surface area contributed by atoms with E-state index in [2.05, 4.69) is 4.99 Å². The van der Waals surface area contributed by atoms with Crippen molar-refractivity contribution in [2.75, 3.05) is 19.8 Å². The number of rotatable bonds is 8. The van der Waals surface area contributed by atoms with Crippen LogP contribution in [0.25, 0.3) is 6.08 Å². The number of carbonyl (C=O) groups is 1. The Balaban J connectivity index is 1.89. The molecule has 0 saturated carbocycles. The fourth-order valence-corrected chi connectivity index (χ4v) is 5.11. The third-order valence-corrected chi connectivity index (χ3v) is 6.59. The number of thiazole rings is 1. The average molecular weight is 509 g/mol. The van der Waals surface area contributed by atoms with Gasteiger partial charge in [-0.15, -0.1) is 0 Å². The summed E-state index contributed by atoms with van der Waals surface area (Å²) in [6.45, 7) is 8.36. The lowest BCUT2D eigenvalue weighted by Crippen LogP contribution is -2.39. The smallest absolute Gasteiger partial charge is 0.338 e. The molecule has 1 aliphatic rings. The maximum Gasteiger partial charge on any atom is 0.338 e. The van der Waals surface area contributed by atoms with E-state index in [1.165, 1.54) is 22.0 Å². The van der Waals surface area contributed by atoms with Crippen molar-refractivity contribution in [2.45, 2.75) is 33.7 Å². The first-order valence-electron chi connectivity index (χ1n) is 11.8. The van der Waals surface area contributed by atoms with Gasteiger partial charge in [-0.05, 0) is 69.2 Å². The molecule has 4 rings (SSSR count). The van der Waals surface area contributed by atoms with E-state index in [1.807, 2.05) is 38.1 Å². The van der Waals surface area contributed by atoms with Gasteiger partial charge in [0.2, 0.25) is 0 Å². The first-order chi connectivity index (χ1) is 17.4. The number of benzene rings is 2. The van der Waals surface area contributed by atoms with Crippen LogP contribution in [-0.4, -0.2) is 35.5 Å². The van der Waals surface area contributed by atoms with Crippen molar-refractivity contribution in [3.63, 3.8) is 0 Å². The molecule has 0 amide bonds. The molecule has 36 heavy (non-hydrogen) atoms. The Bertz CT molecular complexity index is 1480. The Morgan fingerprint density at radius 2 is 1.81 bits per heavy atom. The third kappa shape index (κ3) is 4.92. The van der Waals surface area contributed by atoms with Gasteiger partial charge in [0.25, 0.3) is 5.56 Å². The van der Waals surface area contributed by atoms with Crippen LogP contribution in [0.3, 0.4) is 0 Å². The second-order valence-corrected chi connectivity index (χ2v) is 8.97. The Hall–Kier alpha value is -3.85. The number of ether oxygens (including phenoxy) is 3. The maximum absolute atomic E-state index is 13.7. The largest absolute Gasteiger partial charge is 0.504 e. The van der Waals surface area contributed by atoms with Gasteiger partial charge in [-0.25, -0.2) is 9.79 Å². The van der Waals surface area contributed by atoms with Crippen LogP contribution in [0, 0.1) is 0 Å². The molecule has 0 spiro atoms. The van der Waals surface area contributed by atoms with E-state index < -0.39 is 12.0 Å². The molecule has 1 aromatic heterocycles. The van der Waals surface area contributed by atoms with Gasteiger partial charge in [0.05, 0.1) is 41.7 Å². The second-order valence-electron chi connectivity index (χ2n) is 7.96. The highest BCUT2D eigenvalue weighted by molar-refractivity contribution is 7.07. The van der Waals surface area contributed by atoms with Gasteiger partial charge in [-0.1, -0.05) is 29.5 Å². The van der Waals surface area contributed by atoms with Gasteiger partial charge in [0.1, 0.15) is 5.75 Å². The summed E-state index contributed by atoms with van der Waals surface area (Å²) >= 11 is 1.23. The number of hydrogen-bond acceptors (Lipinski definition) is 8. The van der Waals surface area contributed by atoms with Gasteiger partial charge in [0.15, 0.2) is 16.3 Å². The van der Waals surface area contributed by atoms with Crippen LogP contribution >= 0.6 is 11.3 Å². The molecule has 2 heterocycles. The Labute approximate surface area is 212 Å². The van der Waals surface area contributed by atoms with Gasteiger partial charge >= 0.3 is 5.97 Å². The maximum atomic E-state index is 13.7. The number of phenols is 1. The summed E-state index contributed by atoms with van der Waals surface area (Å²) in [6, 6.07) is 11.5. The normalized spacial score (nSPS) is 15.3. The zero-order valence-electron chi connectivity index (χ0n) is 20.6. The summed E-state index contributed by atoms with van der Waals surface area (Å²) in [5.74, 6) is 0.559. The summed E-state index contributed by atoms with van der Waals surface area (Å²) in [5.41, 5.74) is 1.98. The predicted octanol–water partition coefficient (Wildman–Crippen LogP) is 3.30. The summed E-state index contributed by atoms with van der Waals surface area (Å²) in [4.78, 5) is 31.7. The number of allylic oxidation sites excluding steroid dienone is 1. The first kappa shape index (κ1) is 25.2. The molecule has 0 aliphatic carbocycles. The molecule has 0 unspecified atom stereocenters.